The van der Waals surface area contributed by atoms with Crippen LogP contribution in [0.2, 0.25) is 0 Å². The Kier molecular flexibility index (Phi) is 4.35. The lowest BCUT2D eigenvalue weighted by Crippen LogP contribution is -2.40. The number of nitrogens with zero attached hydrogens (tertiary/aromatic N) is 4. The summed E-state index contributed by atoms with van der Waals surface area (Å²) in [5.41, 5.74) is 2.45. The minimum atomic E-state index is 0.443. The van der Waals surface area contributed by atoms with Gasteiger partial charge in [-0.15, -0.1) is 0 Å². The second-order valence-corrected chi connectivity index (χ2v) is 6.24. The van der Waals surface area contributed by atoms with Crippen LogP contribution >= 0.6 is 0 Å². The summed E-state index contributed by atoms with van der Waals surface area (Å²) in [5.74, 6) is 2.18. The van der Waals surface area contributed by atoms with E-state index in [0.29, 0.717) is 12.0 Å². The highest BCUT2D eigenvalue weighted by Crippen LogP contribution is 2.29. The minimum absolute atomic E-state index is 0.443. The molecule has 112 valence electrons. The molecule has 5 heteroatoms. The summed E-state index contributed by atoms with van der Waals surface area (Å²) < 4.78 is 1.90. The normalized spacial score (nSPS) is 22.2. The van der Waals surface area contributed by atoms with Crippen LogP contribution < -0.4 is 5.32 Å². The molecule has 0 saturated heterocycles. The van der Waals surface area contributed by atoms with Crippen LogP contribution in [-0.2, 0) is 13.6 Å². The maximum Gasteiger partial charge on any atom is 0.193 e. The third-order valence-electron chi connectivity index (χ3n) is 3.89. The van der Waals surface area contributed by atoms with Gasteiger partial charge in [-0.1, -0.05) is 20.8 Å². The molecule has 1 fully saturated rings. The number of guanidine groups is 1. The molecule has 1 aliphatic rings. The Bertz CT molecular complexity index is 488. The summed E-state index contributed by atoms with van der Waals surface area (Å²) >= 11 is 0. The molecule has 1 aromatic rings. The van der Waals surface area contributed by atoms with Gasteiger partial charge in [0.05, 0.1) is 5.69 Å². The van der Waals surface area contributed by atoms with Crippen molar-refractivity contribution in [3.05, 3.63) is 17.5 Å². The van der Waals surface area contributed by atoms with Crippen LogP contribution in [0.4, 0.5) is 0 Å². The molecule has 0 bridgehead atoms. The van der Waals surface area contributed by atoms with E-state index < -0.39 is 0 Å². The zero-order valence-corrected chi connectivity index (χ0v) is 13.5. The second-order valence-electron chi connectivity index (χ2n) is 6.24. The van der Waals surface area contributed by atoms with E-state index in [4.69, 9.17) is 0 Å². The molecular weight excluding hydrogens is 250 g/mol. The first-order valence-corrected chi connectivity index (χ1v) is 7.39. The second kappa shape index (κ2) is 5.85. The molecule has 0 aliphatic heterocycles. The van der Waals surface area contributed by atoms with Crippen LogP contribution in [-0.4, -0.2) is 40.8 Å². The van der Waals surface area contributed by atoms with Crippen LogP contribution in [0.15, 0.2) is 11.2 Å². The molecule has 1 heterocycles. The van der Waals surface area contributed by atoms with E-state index in [1.165, 1.54) is 17.7 Å². The average Bonchev–Trinajstić information content (AvgIpc) is 2.94. The van der Waals surface area contributed by atoms with Crippen molar-refractivity contribution in [2.75, 3.05) is 14.1 Å². The van der Waals surface area contributed by atoms with Crippen molar-refractivity contribution in [2.24, 2.45) is 18.0 Å². The predicted octanol–water partition coefficient (Wildman–Crippen LogP) is 1.96. The standard InChI is InChI=1S/C15H27N5/c1-10(2)14-12(9-20(6)18-14)8-19(5)15(16-4)17-13-7-11(13)3/h9-11,13H,7-8H2,1-6H3,(H,16,17). The van der Waals surface area contributed by atoms with Crippen molar-refractivity contribution in [3.8, 4) is 0 Å². The Labute approximate surface area is 122 Å². The Morgan fingerprint density at radius 3 is 2.75 bits per heavy atom. The van der Waals surface area contributed by atoms with Crippen molar-refractivity contribution in [1.82, 2.24) is 20.0 Å². The number of rotatable bonds is 4. The fourth-order valence-electron chi connectivity index (χ4n) is 2.53. The van der Waals surface area contributed by atoms with E-state index in [1.807, 2.05) is 18.8 Å². The summed E-state index contributed by atoms with van der Waals surface area (Å²) in [6.07, 6.45) is 3.36. The molecule has 1 N–H and O–H groups in total. The smallest absolute Gasteiger partial charge is 0.193 e. The minimum Gasteiger partial charge on any atom is -0.353 e. The number of nitrogens with one attached hydrogen (secondary N) is 1. The van der Waals surface area contributed by atoms with Gasteiger partial charge in [0.2, 0.25) is 0 Å². The van der Waals surface area contributed by atoms with Gasteiger partial charge >= 0.3 is 0 Å². The third-order valence-corrected chi connectivity index (χ3v) is 3.89. The number of aryl methyl sites for hydroxylation is 1. The predicted molar refractivity (Wildman–Crippen MR) is 82.8 cm³/mol. The fraction of sp³-hybridized carbons (Fsp3) is 0.733. The fourth-order valence-corrected chi connectivity index (χ4v) is 2.53. The Morgan fingerprint density at radius 1 is 1.60 bits per heavy atom. The summed E-state index contributed by atoms with van der Waals surface area (Å²) in [5, 5.41) is 8.08. The highest BCUT2D eigenvalue weighted by molar-refractivity contribution is 5.80. The SMILES string of the molecule is CN=C(NC1CC1C)N(C)Cc1cn(C)nc1C(C)C. The van der Waals surface area contributed by atoms with Gasteiger partial charge < -0.3 is 10.2 Å². The first kappa shape index (κ1) is 14.9. The maximum absolute atomic E-state index is 4.56. The van der Waals surface area contributed by atoms with E-state index >= 15 is 0 Å². The molecule has 20 heavy (non-hydrogen) atoms. The van der Waals surface area contributed by atoms with Crippen molar-refractivity contribution < 1.29 is 0 Å². The van der Waals surface area contributed by atoms with Gasteiger partial charge in [0.25, 0.3) is 0 Å². The zero-order chi connectivity index (χ0) is 14.9. The first-order valence-electron chi connectivity index (χ1n) is 7.39. The molecule has 2 atom stereocenters. The lowest BCUT2D eigenvalue weighted by atomic mass is 10.1. The van der Waals surface area contributed by atoms with E-state index in [2.05, 4.69) is 54.3 Å². The quantitative estimate of drug-likeness (QED) is 0.676. The number of aliphatic imine (C=N–C) groups is 1. The first-order chi connectivity index (χ1) is 9.42. The molecule has 5 nitrogen and oxygen atoms in total. The monoisotopic (exact) mass is 277 g/mol. The van der Waals surface area contributed by atoms with Gasteiger partial charge in [0, 0.05) is 45.5 Å². The largest absolute Gasteiger partial charge is 0.353 e. The van der Waals surface area contributed by atoms with Crippen LogP contribution in [0.3, 0.4) is 0 Å². The molecule has 1 saturated carbocycles. The van der Waals surface area contributed by atoms with Crippen LogP contribution in [0.25, 0.3) is 0 Å². The molecular formula is C15H27N5. The Balaban J connectivity index is 2.04. The highest BCUT2D eigenvalue weighted by atomic mass is 15.3. The molecule has 2 rings (SSSR count). The Morgan fingerprint density at radius 2 is 2.25 bits per heavy atom. The van der Waals surface area contributed by atoms with Crippen molar-refractivity contribution in [1.29, 1.82) is 0 Å². The molecule has 0 amide bonds. The van der Waals surface area contributed by atoms with Gasteiger partial charge in [-0.2, -0.15) is 5.10 Å². The average molecular weight is 277 g/mol. The molecule has 0 radical (unpaired) electrons. The van der Waals surface area contributed by atoms with Crippen LogP contribution in [0, 0.1) is 5.92 Å². The highest BCUT2D eigenvalue weighted by Gasteiger charge is 2.33. The maximum atomic E-state index is 4.56. The molecule has 2 unspecified atom stereocenters. The van der Waals surface area contributed by atoms with Crippen LogP contribution in [0.5, 0.6) is 0 Å². The zero-order valence-electron chi connectivity index (χ0n) is 13.5. The lowest BCUT2D eigenvalue weighted by molar-refractivity contribution is 0.471. The van der Waals surface area contributed by atoms with Crippen molar-refractivity contribution in [2.45, 2.75) is 45.7 Å². The van der Waals surface area contributed by atoms with Crippen molar-refractivity contribution >= 4 is 5.96 Å². The molecule has 1 aliphatic carbocycles. The van der Waals surface area contributed by atoms with Gasteiger partial charge in [-0.3, -0.25) is 9.67 Å². The van der Waals surface area contributed by atoms with Gasteiger partial charge in [-0.25, -0.2) is 0 Å². The third kappa shape index (κ3) is 3.32. The lowest BCUT2D eigenvalue weighted by Gasteiger charge is -2.22. The molecule has 1 aromatic heterocycles. The number of aromatic nitrogens is 2. The summed E-state index contributed by atoms with van der Waals surface area (Å²) in [6, 6.07) is 0.592. The van der Waals surface area contributed by atoms with Crippen molar-refractivity contribution in [3.63, 3.8) is 0 Å². The molecule has 0 aromatic carbocycles. The summed E-state index contributed by atoms with van der Waals surface area (Å²) in [4.78, 5) is 6.56. The van der Waals surface area contributed by atoms with Gasteiger partial charge in [0.15, 0.2) is 5.96 Å². The van der Waals surface area contributed by atoms with E-state index in [1.54, 1.807) is 0 Å². The number of hydrogen-bond donors (Lipinski definition) is 1. The Hall–Kier alpha value is -1.52. The summed E-state index contributed by atoms with van der Waals surface area (Å²) in [7, 11) is 5.91. The van der Waals surface area contributed by atoms with E-state index in [0.717, 1.165) is 18.4 Å². The van der Waals surface area contributed by atoms with E-state index in [9.17, 15) is 0 Å². The van der Waals surface area contributed by atoms with Gasteiger partial charge in [0.1, 0.15) is 0 Å². The van der Waals surface area contributed by atoms with E-state index in [-0.39, 0.29) is 0 Å². The van der Waals surface area contributed by atoms with Gasteiger partial charge in [-0.05, 0) is 18.3 Å². The number of hydrogen-bond acceptors (Lipinski definition) is 2. The summed E-state index contributed by atoms with van der Waals surface area (Å²) in [6.45, 7) is 7.47. The molecule has 0 spiro atoms. The topological polar surface area (TPSA) is 45.5 Å². The van der Waals surface area contributed by atoms with Crippen LogP contribution in [0.1, 0.15) is 44.4 Å².